The molecule has 0 fully saturated rings. The minimum Gasteiger partial charge on any atom is -0.476 e. The van der Waals surface area contributed by atoms with Gasteiger partial charge in [0.15, 0.2) is 5.60 Å². The van der Waals surface area contributed by atoms with Crippen LogP contribution in [0.5, 0.6) is 5.75 Å². The summed E-state index contributed by atoms with van der Waals surface area (Å²) >= 11 is 1.62. The lowest BCUT2D eigenvalue weighted by Crippen LogP contribution is -2.42. The van der Waals surface area contributed by atoms with Crippen molar-refractivity contribution in [2.75, 3.05) is 24.3 Å². The van der Waals surface area contributed by atoms with Gasteiger partial charge in [0.2, 0.25) is 6.41 Å². The van der Waals surface area contributed by atoms with Gasteiger partial charge in [-0.1, -0.05) is 12.1 Å². The van der Waals surface area contributed by atoms with Gasteiger partial charge in [-0.2, -0.15) is 0 Å². The minimum atomic E-state index is -1.15. The first-order chi connectivity index (χ1) is 16.1. The Bertz CT molecular complexity index is 997. The van der Waals surface area contributed by atoms with E-state index in [1.165, 1.54) is 0 Å². The van der Waals surface area contributed by atoms with Crippen molar-refractivity contribution in [1.82, 2.24) is 4.90 Å². The summed E-state index contributed by atoms with van der Waals surface area (Å²) in [6.45, 7) is 11.5. The molecule has 8 heteroatoms. The quantitative estimate of drug-likeness (QED) is 0.256. The van der Waals surface area contributed by atoms with Gasteiger partial charge in [-0.3, -0.25) is 14.6 Å². The van der Waals surface area contributed by atoms with Gasteiger partial charge in [0.1, 0.15) is 5.75 Å². The first-order valence-electron chi connectivity index (χ1n) is 11.2. The molecule has 184 valence electrons. The number of thioether (sulfide) groups is 1. The predicted octanol–water partition coefficient (Wildman–Crippen LogP) is 5.35. The maximum absolute atomic E-state index is 13.2. The molecule has 0 N–H and O–H groups in total. The fourth-order valence-corrected chi connectivity index (χ4v) is 3.99. The smallest absolute Gasteiger partial charge is 0.349 e. The number of hydrogen-bond acceptors (Lipinski definition) is 6. The first-order valence-corrected chi connectivity index (χ1v) is 12.4. The molecule has 0 spiro atoms. The molecule has 0 unspecified atom stereocenters. The van der Waals surface area contributed by atoms with E-state index in [1.807, 2.05) is 63.4 Å². The molecule has 0 bridgehead atoms. The topological polar surface area (TPSA) is 76.1 Å². The fourth-order valence-electron chi connectivity index (χ4n) is 3.59. The molecular weight excluding hydrogens is 452 g/mol. The third kappa shape index (κ3) is 6.53. The third-order valence-electron chi connectivity index (χ3n) is 5.30. The molecule has 2 aromatic carbocycles. The lowest BCUT2D eigenvalue weighted by atomic mass is 10.0. The Hall–Kier alpha value is -3.00. The van der Waals surface area contributed by atoms with Gasteiger partial charge in [-0.05, 0) is 88.8 Å². The number of esters is 1. The largest absolute Gasteiger partial charge is 0.476 e. The molecule has 3 amide bonds. The number of carbonyl (C=O) groups excluding carboxylic acids is 3. The zero-order valence-corrected chi connectivity index (χ0v) is 21.8. The Labute approximate surface area is 206 Å². The molecular formula is C26H34N2O5S. The van der Waals surface area contributed by atoms with Crippen molar-refractivity contribution in [3.63, 3.8) is 0 Å². The SMILES string of the molecule is CCOC(=O)C(C)(C)Oc1c(C)cc(CN(C=O)C(=O)N(CC)c2ccc(SC)cc2)cc1C. The number of hydrogen-bond donors (Lipinski definition) is 0. The van der Waals surface area contributed by atoms with Crippen LogP contribution >= 0.6 is 11.8 Å². The number of aryl methyl sites for hydroxylation is 2. The molecule has 0 saturated carbocycles. The monoisotopic (exact) mass is 486 g/mol. The Morgan fingerprint density at radius 1 is 1.06 bits per heavy atom. The second kappa shape index (κ2) is 11.9. The molecule has 0 aliphatic rings. The highest BCUT2D eigenvalue weighted by atomic mass is 32.2. The van der Waals surface area contributed by atoms with Crippen LogP contribution in [0.2, 0.25) is 0 Å². The molecule has 0 heterocycles. The maximum Gasteiger partial charge on any atom is 0.349 e. The predicted molar refractivity (Wildman–Crippen MR) is 136 cm³/mol. The summed E-state index contributed by atoms with van der Waals surface area (Å²) < 4.78 is 11.1. The third-order valence-corrected chi connectivity index (χ3v) is 6.05. The van der Waals surface area contributed by atoms with E-state index in [-0.39, 0.29) is 13.2 Å². The molecule has 0 radical (unpaired) electrons. The molecule has 0 aliphatic carbocycles. The van der Waals surface area contributed by atoms with E-state index in [1.54, 1.807) is 37.4 Å². The number of rotatable bonds is 10. The lowest BCUT2D eigenvalue weighted by molar-refractivity contribution is -0.158. The standard InChI is InChI=1S/C26H34N2O5S/c1-8-28(21-10-12-22(34-7)13-11-21)25(31)27(17-29)16-20-14-18(3)23(19(4)15-20)33-26(5,6)24(30)32-9-2/h10-15,17H,8-9,16H2,1-7H3. The van der Waals surface area contributed by atoms with Crippen molar-refractivity contribution < 1.29 is 23.9 Å². The van der Waals surface area contributed by atoms with Gasteiger partial charge in [-0.15, -0.1) is 11.8 Å². The van der Waals surface area contributed by atoms with Crippen molar-refractivity contribution in [3.05, 3.63) is 53.1 Å². The molecule has 0 aliphatic heterocycles. The van der Waals surface area contributed by atoms with E-state index >= 15 is 0 Å². The van der Waals surface area contributed by atoms with Crippen LogP contribution in [-0.4, -0.2) is 48.3 Å². The zero-order valence-electron chi connectivity index (χ0n) is 21.0. The summed E-state index contributed by atoms with van der Waals surface area (Å²) in [6, 6.07) is 11.0. The van der Waals surface area contributed by atoms with E-state index in [4.69, 9.17) is 9.47 Å². The molecule has 2 aromatic rings. The summed E-state index contributed by atoms with van der Waals surface area (Å²) in [6.07, 6.45) is 2.55. The maximum atomic E-state index is 13.2. The van der Waals surface area contributed by atoms with Gasteiger partial charge in [0.25, 0.3) is 0 Å². The van der Waals surface area contributed by atoms with E-state index in [2.05, 4.69) is 0 Å². The lowest BCUT2D eigenvalue weighted by Gasteiger charge is -2.28. The van der Waals surface area contributed by atoms with Crippen molar-refractivity contribution in [2.24, 2.45) is 0 Å². The number of amides is 3. The molecule has 0 saturated heterocycles. The summed E-state index contributed by atoms with van der Waals surface area (Å²) in [4.78, 5) is 41.1. The second-order valence-electron chi connectivity index (χ2n) is 8.35. The summed E-state index contributed by atoms with van der Waals surface area (Å²) in [5, 5.41) is 0. The van der Waals surface area contributed by atoms with Crippen molar-refractivity contribution in [3.8, 4) is 5.75 Å². The number of nitrogens with zero attached hydrogens (tertiary/aromatic N) is 2. The average molecular weight is 487 g/mol. The fraction of sp³-hybridized carbons (Fsp3) is 0.423. The van der Waals surface area contributed by atoms with Crippen LogP contribution in [0.25, 0.3) is 0 Å². The van der Waals surface area contributed by atoms with Crippen molar-refractivity contribution >= 4 is 35.9 Å². The molecule has 2 rings (SSSR count). The normalized spacial score (nSPS) is 11.0. The van der Waals surface area contributed by atoms with E-state index in [0.29, 0.717) is 18.7 Å². The van der Waals surface area contributed by atoms with Crippen LogP contribution in [0, 0.1) is 13.8 Å². The number of urea groups is 1. The van der Waals surface area contributed by atoms with E-state index in [9.17, 15) is 14.4 Å². The van der Waals surface area contributed by atoms with E-state index in [0.717, 1.165) is 32.2 Å². The number of ether oxygens (including phenoxy) is 2. The number of imide groups is 1. The van der Waals surface area contributed by atoms with Crippen LogP contribution in [-0.2, 0) is 20.9 Å². The van der Waals surface area contributed by atoms with Gasteiger partial charge >= 0.3 is 12.0 Å². The second-order valence-corrected chi connectivity index (χ2v) is 9.23. The Balaban J connectivity index is 2.24. The Kier molecular flexibility index (Phi) is 9.55. The van der Waals surface area contributed by atoms with Gasteiger partial charge in [-0.25, -0.2) is 9.59 Å². The highest BCUT2D eigenvalue weighted by Crippen LogP contribution is 2.30. The summed E-state index contributed by atoms with van der Waals surface area (Å²) in [5.74, 6) is 0.135. The van der Waals surface area contributed by atoms with Crippen molar-refractivity contribution in [1.29, 1.82) is 0 Å². The number of benzene rings is 2. The zero-order chi connectivity index (χ0) is 25.5. The molecule has 34 heavy (non-hydrogen) atoms. The van der Waals surface area contributed by atoms with E-state index < -0.39 is 17.6 Å². The Morgan fingerprint density at radius 3 is 2.12 bits per heavy atom. The minimum absolute atomic E-state index is 0.116. The van der Waals surface area contributed by atoms with Gasteiger partial charge < -0.3 is 9.47 Å². The molecule has 0 atom stereocenters. The van der Waals surface area contributed by atoms with Gasteiger partial charge in [0, 0.05) is 17.1 Å². The van der Waals surface area contributed by atoms with Crippen LogP contribution in [0.4, 0.5) is 10.5 Å². The van der Waals surface area contributed by atoms with Crippen LogP contribution in [0.15, 0.2) is 41.3 Å². The highest BCUT2D eigenvalue weighted by Gasteiger charge is 2.32. The van der Waals surface area contributed by atoms with Crippen molar-refractivity contribution in [2.45, 2.75) is 58.6 Å². The molecule has 7 nitrogen and oxygen atoms in total. The highest BCUT2D eigenvalue weighted by molar-refractivity contribution is 7.98. The first kappa shape index (κ1) is 27.2. The van der Waals surface area contributed by atoms with Gasteiger partial charge in [0.05, 0.1) is 13.2 Å². The number of carbonyl (C=O) groups is 3. The number of anilines is 1. The van der Waals surface area contributed by atoms with Crippen LogP contribution in [0.3, 0.4) is 0 Å². The van der Waals surface area contributed by atoms with Crippen LogP contribution < -0.4 is 9.64 Å². The summed E-state index contributed by atoms with van der Waals surface area (Å²) in [5.41, 5.74) is 1.96. The average Bonchev–Trinajstić information content (AvgIpc) is 2.80. The molecule has 0 aromatic heterocycles. The Morgan fingerprint density at radius 2 is 1.65 bits per heavy atom. The van der Waals surface area contributed by atoms with Crippen LogP contribution in [0.1, 0.15) is 44.4 Å². The summed E-state index contributed by atoms with van der Waals surface area (Å²) in [7, 11) is 0.